The van der Waals surface area contributed by atoms with Gasteiger partial charge in [-0.05, 0) is 38.5 Å². The van der Waals surface area contributed by atoms with Crippen LogP contribution in [0.4, 0.5) is 10.5 Å². The SMILES string of the molecule is COc1cc(C=CCNC(=O)OC(C)(C)C)ccc1N. The molecule has 1 aromatic rings. The van der Waals surface area contributed by atoms with Crippen molar-refractivity contribution in [2.45, 2.75) is 26.4 Å². The fourth-order valence-electron chi connectivity index (χ4n) is 1.48. The van der Waals surface area contributed by atoms with Crippen LogP contribution in [-0.4, -0.2) is 25.3 Å². The van der Waals surface area contributed by atoms with E-state index in [1.54, 1.807) is 13.2 Å². The zero-order valence-electron chi connectivity index (χ0n) is 12.4. The van der Waals surface area contributed by atoms with Crippen LogP contribution < -0.4 is 15.8 Å². The van der Waals surface area contributed by atoms with E-state index in [2.05, 4.69) is 5.32 Å². The number of carbonyl (C=O) groups is 1. The molecule has 3 N–H and O–H groups in total. The minimum absolute atomic E-state index is 0.390. The number of methoxy groups -OCH3 is 1. The average Bonchev–Trinajstić information content (AvgIpc) is 2.34. The first-order valence-corrected chi connectivity index (χ1v) is 6.39. The number of anilines is 1. The fourth-order valence-corrected chi connectivity index (χ4v) is 1.48. The predicted molar refractivity (Wildman–Crippen MR) is 80.7 cm³/mol. The zero-order chi connectivity index (χ0) is 15.2. The van der Waals surface area contributed by atoms with Crippen molar-refractivity contribution < 1.29 is 14.3 Å². The van der Waals surface area contributed by atoms with Crippen LogP contribution in [0.2, 0.25) is 0 Å². The van der Waals surface area contributed by atoms with Crippen molar-refractivity contribution >= 4 is 17.9 Å². The van der Waals surface area contributed by atoms with Crippen LogP contribution in [0, 0.1) is 0 Å². The van der Waals surface area contributed by atoms with Gasteiger partial charge < -0.3 is 20.5 Å². The van der Waals surface area contributed by atoms with Gasteiger partial charge >= 0.3 is 6.09 Å². The molecule has 5 heteroatoms. The fraction of sp³-hybridized carbons (Fsp3) is 0.400. The molecule has 0 unspecified atom stereocenters. The molecule has 0 saturated heterocycles. The summed E-state index contributed by atoms with van der Waals surface area (Å²) < 4.78 is 10.3. The van der Waals surface area contributed by atoms with Crippen molar-refractivity contribution in [3.05, 3.63) is 29.8 Å². The minimum atomic E-state index is -0.488. The molecule has 0 aliphatic rings. The van der Waals surface area contributed by atoms with Crippen molar-refractivity contribution in [2.24, 2.45) is 0 Å². The van der Waals surface area contributed by atoms with Gasteiger partial charge in [-0.3, -0.25) is 0 Å². The molecule has 0 saturated carbocycles. The molecular formula is C15H22N2O3. The normalized spacial score (nSPS) is 11.4. The van der Waals surface area contributed by atoms with Crippen LogP contribution >= 0.6 is 0 Å². The Morgan fingerprint density at radius 1 is 1.40 bits per heavy atom. The third-order valence-corrected chi connectivity index (χ3v) is 2.33. The van der Waals surface area contributed by atoms with Crippen LogP contribution in [0.15, 0.2) is 24.3 Å². The van der Waals surface area contributed by atoms with Crippen LogP contribution in [0.5, 0.6) is 5.75 Å². The molecule has 110 valence electrons. The van der Waals surface area contributed by atoms with Gasteiger partial charge in [0, 0.05) is 6.54 Å². The Hall–Kier alpha value is -2.17. The molecule has 1 aromatic carbocycles. The topological polar surface area (TPSA) is 73.6 Å². The molecule has 0 heterocycles. The first-order valence-electron chi connectivity index (χ1n) is 6.39. The Balaban J connectivity index is 2.47. The van der Waals surface area contributed by atoms with E-state index in [4.69, 9.17) is 15.2 Å². The number of nitrogens with two attached hydrogens (primary N) is 1. The molecule has 0 bridgehead atoms. The summed E-state index contributed by atoms with van der Waals surface area (Å²) in [6.45, 7) is 5.86. The van der Waals surface area contributed by atoms with Crippen LogP contribution in [0.3, 0.4) is 0 Å². The third kappa shape index (κ3) is 5.65. The molecule has 0 radical (unpaired) electrons. The summed E-state index contributed by atoms with van der Waals surface area (Å²) in [4.78, 5) is 11.4. The zero-order valence-corrected chi connectivity index (χ0v) is 12.4. The van der Waals surface area contributed by atoms with Crippen molar-refractivity contribution in [1.82, 2.24) is 5.32 Å². The molecule has 0 aliphatic carbocycles. The van der Waals surface area contributed by atoms with E-state index in [-0.39, 0.29) is 0 Å². The van der Waals surface area contributed by atoms with E-state index in [0.29, 0.717) is 18.0 Å². The predicted octanol–water partition coefficient (Wildman–Crippen LogP) is 2.82. The summed E-state index contributed by atoms with van der Waals surface area (Å²) in [5.41, 5.74) is 6.78. The molecule has 1 amide bonds. The maximum Gasteiger partial charge on any atom is 0.407 e. The first kappa shape index (κ1) is 15.9. The maximum atomic E-state index is 11.4. The van der Waals surface area contributed by atoms with Gasteiger partial charge in [-0.2, -0.15) is 0 Å². The highest BCUT2D eigenvalue weighted by atomic mass is 16.6. The Kier molecular flexibility index (Phi) is 5.43. The number of nitrogens with one attached hydrogen (secondary N) is 1. The lowest BCUT2D eigenvalue weighted by Crippen LogP contribution is -2.32. The lowest BCUT2D eigenvalue weighted by atomic mass is 10.2. The molecule has 20 heavy (non-hydrogen) atoms. The minimum Gasteiger partial charge on any atom is -0.495 e. The number of amides is 1. The lowest BCUT2D eigenvalue weighted by molar-refractivity contribution is 0.0534. The highest BCUT2D eigenvalue weighted by Gasteiger charge is 2.14. The standard InChI is InChI=1S/C15H22N2O3/c1-15(2,3)20-14(18)17-9-5-6-11-7-8-12(16)13(10-11)19-4/h5-8,10H,9,16H2,1-4H3,(H,17,18). The van der Waals surface area contributed by atoms with Crippen molar-refractivity contribution in [2.75, 3.05) is 19.4 Å². The van der Waals surface area contributed by atoms with Gasteiger partial charge in [0.15, 0.2) is 0 Å². The summed E-state index contributed by atoms with van der Waals surface area (Å²) in [6, 6.07) is 5.49. The van der Waals surface area contributed by atoms with E-state index in [1.807, 2.05) is 45.1 Å². The van der Waals surface area contributed by atoms with Gasteiger partial charge in [0.2, 0.25) is 0 Å². The maximum absolute atomic E-state index is 11.4. The first-order chi connectivity index (χ1) is 9.31. The van der Waals surface area contributed by atoms with Crippen molar-refractivity contribution in [3.8, 4) is 5.75 Å². The monoisotopic (exact) mass is 278 g/mol. The number of hydrogen-bond acceptors (Lipinski definition) is 4. The third-order valence-electron chi connectivity index (χ3n) is 2.33. The number of hydrogen-bond donors (Lipinski definition) is 2. The number of rotatable bonds is 4. The summed E-state index contributed by atoms with van der Waals surface area (Å²) in [5.74, 6) is 0.632. The Morgan fingerprint density at radius 2 is 2.10 bits per heavy atom. The lowest BCUT2D eigenvalue weighted by Gasteiger charge is -2.19. The van der Waals surface area contributed by atoms with Crippen molar-refractivity contribution in [1.29, 1.82) is 0 Å². The van der Waals surface area contributed by atoms with Gasteiger partial charge in [-0.1, -0.05) is 18.2 Å². The van der Waals surface area contributed by atoms with Crippen LogP contribution in [0.1, 0.15) is 26.3 Å². The second kappa shape index (κ2) is 6.84. The summed E-state index contributed by atoms with van der Waals surface area (Å²) >= 11 is 0. The molecule has 5 nitrogen and oxygen atoms in total. The van der Waals surface area contributed by atoms with Gasteiger partial charge in [0.25, 0.3) is 0 Å². The average molecular weight is 278 g/mol. The Bertz CT molecular complexity index is 490. The number of benzene rings is 1. The molecule has 0 spiro atoms. The van der Waals surface area contributed by atoms with Crippen LogP contribution in [-0.2, 0) is 4.74 Å². The molecule has 0 aliphatic heterocycles. The van der Waals surface area contributed by atoms with Gasteiger partial charge in [-0.15, -0.1) is 0 Å². The molecule has 1 rings (SSSR count). The van der Waals surface area contributed by atoms with E-state index >= 15 is 0 Å². The molecule has 0 atom stereocenters. The van der Waals surface area contributed by atoms with Gasteiger partial charge in [0.1, 0.15) is 11.4 Å². The van der Waals surface area contributed by atoms with Crippen LogP contribution in [0.25, 0.3) is 6.08 Å². The van der Waals surface area contributed by atoms with Gasteiger partial charge in [-0.25, -0.2) is 4.79 Å². The largest absolute Gasteiger partial charge is 0.495 e. The van der Waals surface area contributed by atoms with Crippen molar-refractivity contribution in [3.63, 3.8) is 0 Å². The highest BCUT2D eigenvalue weighted by molar-refractivity contribution is 5.68. The Labute approximate surface area is 119 Å². The summed E-state index contributed by atoms with van der Waals surface area (Å²) in [7, 11) is 1.57. The number of nitrogen functional groups attached to an aromatic ring is 1. The summed E-state index contributed by atoms with van der Waals surface area (Å²) in [5, 5.41) is 2.65. The summed E-state index contributed by atoms with van der Waals surface area (Å²) in [6.07, 6.45) is 3.27. The van der Waals surface area contributed by atoms with Gasteiger partial charge in [0.05, 0.1) is 12.8 Å². The Morgan fingerprint density at radius 3 is 2.70 bits per heavy atom. The molecule has 0 fully saturated rings. The van der Waals surface area contributed by atoms with E-state index < -0.39 is 11.7 Å². The highest BCUT2D eigenvalue weighted by Crippen LogP contribution is 2.22. The molecule has 0 aromatic heterocycles. The number of alkyl carbamates (subject to hydrolysis) is 1. The quantitative estimate of drug-likeness (QED) is 0.831. The second-order valence-corrected chi connectivity index (χ2v) is 5.29. The number of carbonyl (C=O) groups excluding carboxylic acids is 1. The number of ether oxygens (including phenoxy) is 2. The second-order valence-electron chi connectivity index (χ2n) is 5.29. The smallest absolute Gasteiger partial charge is 0.407 e. The van der Waals surface area contributed by atoms with E-state index in [9.17, 15) is 4.79 Å². The van der Waals surface area contributed by atoms with E-state index in [0.717, 1.165) is 5.56 Å². The van der Waals surface area contributed by atoms with E-state index in [1.165, 1.54) is 0 Å². The molecular weight excluding hydrogens is 256 g/mol.